The predicted molar refractivity (Wildman–Crippen MR) is 96.3 cm³/mol. The van der Waals surface area contributed by atoms with Crippen LogP contribution in [0.3, 0.4) is 0 Å². The zero-order valence-electron chi connectivity index (χ0n) is 15.2. The SMILES string of the molecule is CCOCCCNC(=O)CCc1nnc2ccc(N3CCOCC3)nn12. The van der Waals surface area contributed by atoms with E-state index in [1.54, 1.807) is 4.52 Å². The first-order chi connectivity index (χ1) is 12.8. The molecule has 9 heteroatoms. The molecule has 2 aromatic rings. The molecule has 3 rings (SSSR count). The molecule has 0 aliphatic carbocycles. The van der Waals surface area contributed by atoms with Gasteiger partial charge in [-0.05, 0) is 25.5 Å². The summed E-state index contributed by atoms with van der Waals surface area (Å²) in [5.41, 5.74) is 0.689. The highest BCUT2D eigenvalue weighted by Crippen LogP contribution is 2.14. The summed E-state index contributed by atoms with van der Waals surface area (Å²) < 4.78 is 12.4. The highest BCUT2D eigenvalue weighted by molar-refractivity contribution is 5.76. The van der Waals surface area contributed by atoms with Crippen molar-refractivity contribution in [1.82, 2.24) is 25.1 Å². The Hall–Kier alpha value is -2.26. The average molecular weight is 362 g/mol. The van der Waals surface area contributed by atoms with Crippen molar-refractivity contribution in [3.05, 3.63) is 18.0 Å². The first-order valence-corrected chi connectivity index (χ1v) is 9.16. The van der Waals surface area contributed by atoms with E-state index in [1.807, 2.05) is 19.1 Å². The number of carbonyl (C=O) groups is 1. The quantitative estimate of drug-likeness (QED) is 0.647. The van der Waals surface area contributed by atoms with E-state index >= 15 is 0 Å². The van der Waals surface area contributed by atoms with Gasteiger partial charge in [0, 0.05) is 45.7 Å². The fourth-order valence-corrected chi connectivity index (χ4v) is 2.80. The van der Waals surface area contributed by atoms with Crippen molar-refractivity contribution in [2.45, 2.75) is 26.2 Å². The third-order valence-corrected chi connectivity index (χ3v) is 4.22. The maximum atomic E-state index is 12.0. The molecule has 0 unspecified atom stereocenters. The predicted octanol–water partition coefficient (Wildman–Crippen LogP) is 0.436. The van der Waals surface area contributed by atoms with Crippen LogP contribution >= 0.6 is 0 Å². The maximum Gasteiger partial charge on any atom is 0.220 e. The Bertz CT molecular complexity index is 714. The second-order valence-corrected chi connectivity index (χ2v) is 6.08. The van der Waals surface area contributed by atoms with Gasteiger partial charge in [0.2, 0.25) is 5.91 Å². The molecule has 1 N–H and O–H groups in total. The minimum atomic E-state index is 0.00239. The molecule has 2 aromatic heterocycles. The number of fused-ring (bicyclic) bond motifs is 1. The molecule has 3 heterocycles. The molecule has 1 aliphatic rings. The second-order valence-electron chi connectivity index (χ2n) is 6.08. The lowest BCUT2D eigenvalue weighted by molar-refractivity contribution is -0.121. The fourth-order valence-electron chi connectivity index (χ4n) is 2.80. The molecule has 0 spiro atoms. The number of amides is 1. The summed E-state index contributed by atoms with van der Waals surface area (Å²) >= 11 is 0. The minimum Gasteiger partial charge on any atom is -0.382 e. The van der Waals surface area contributed by atoms with Crippen LogP contribution in [0.4, 0.5) is 5.82 Å². The molecule has 1 fully saturated rings. The Morgan fingerprint density at radius 2 is 2.15 bits per heavy atom. The largest absolute Gasteiger partial charge is 0.382 e. The molecule has 9 nitrogen and oxygen atoms in total. The van der Waals surface area contributed by atoms with Crippen LogP contribution in [0.15, 0.2) is 12.1 Å². The maximum absolute atomic E-state index is 12.0. The highest BCUT2D eigenvalue weighted by Gasteiger charge is 2.15. The summed E-state index contributed by atoms with van der Waals surface area (Å²) in [6.07, 6.45) is 1.68. The number of hydrogen-bond donors (Lipinski definition) is 1. The zero-order chi connectivity index (χ0) is 18.2. The Kier molecular flexibility index (Phi) is 6.73. The first-order valence-electron chi connectivity index (χ1n) is 9.16. The van der Waals surface area contributed by atoms with Crippen molar-refractivity contribution in [2.75, 3.05) is 51.0 Å². The summed E-state index contributed by atoms with van der Waals surface area (Å²) in [7, 11) is 0. The number of nitrogens with one attached hydrogen (secondary N) is 1. The number of hydrogen-bond acceptors (Lipinski definition) is 7. The molecule has 1 saturated heterocycles. The number of ether oxygens (including phenoxy) is 2. The Labute approximate surface area is 152 Å². The van der Waals surface area contributed by atoms with Gasteiger partial charge in [0.15, 0.2) is 11.5 Å². The van der Waals surface area contributed by atoms with Gasteiger partial charge < -0.3 is 19.7 Å². The van der Waals surface area contributed by atoms with Crippen LogP contribution in [0.25, 0.3) is 5.65 Å². The van der Waals surface area contributed by atoms with Gasteiger partial charge in [-0.1, -0.05) is 0 Å². The van der Waals surface area contributed by atoms with E-state index < -0.39 is 0 Å². The van der Waals surface area contributed by atoms with Crippen molar-refractivity contribution in [2.24, 2.45) is 0 Å². The van der Waals surface area contributed by atoms with Crippen LogP contribution in [0.1, 0.15) is 25.6 Å². The molecule has 0 aromatic carbocycles. The Balaban J connectivity index is 1.55. The molecule has 1 aliphatic heterocycles. The summed E-state index contributed by atoms with van der Waals surface area (Å²) in [6, 6.07) is 3.85. The number of carbonyl (C=O) groups excluding carboxylic acids is 1. The van der Waals surface area contributed by atoms with E-state index in [0.29, 0.717) is 57.3 Å². The topological polar surface area (TPSA) is 93.9 Å². The number of morpholine rings is 1. The monoisotopic (exact) mass is 362 g/mol. The van der Waals surface area contributed by atoms with E-state index in [1.165, 1.54) is 0 Å². The van der Waals surface area contributed by atoms with E-state index in [-0.39, 0.29) is 5.91 Å². The number of nitrogens with zero attached hydrogens (tertiary/aromatic N) is 5. The summed E-state index contributed by atoms with van der Waals surface area (Å²) in [5.74, 6) is 1.57. The summed E-state index contributed by atoms with van der Waals surface area (Å²) in [4.78, 5) is 14.1. The molecule has 0 saturated carbocycles. The molecule has 26 heavy (non-hydrogen) atoms. The highest BCUT2D eigenvalue weighted by atomic mass is 16.5. The van der Waals surface area contributed by atoms with Crippen LogP contribution < -0.4 is 10.2 Å². The lowest BCUT2D eigenvalue weighted by atomic mass is 10.3. The smallest absolute Gasteiger partial charge is 0.220 e. The molecule has 0 radical (unpaired) electrons. The molecule has 142 valence electrons. The van der Waals surface area contributed by atoms with Gasteiger partial charge in [-0.15, -0.1) is 15.3 Å². The van der Waals surface area contributed by atoms with Gasteiger partial charge in [0.1, 0.15) is 5.82 Å². The molecular formula is C17H26N6O3. The molecule has 1 amide bonds. The van der Waals surface area contributed by atoms with Crippen LogP contribution in [0.5, 0.6) is 0 Å². The lowest BCUT2D eigenvalue weighted by Crippen LogP contribution is -2.37. The van der Waals surface area contributed by atoms with Crippen molar-refractivity contribution in [1.29, 1.82) is 0 Å². The van der Waals surface area contributed by atoms with Crippen LogP contribution in [-0.2, 0) is 20.7 Å². The Morgan fingerprint density at radius 1 is 1.31 bits per heavy atom. The molecule has 0 atom stereocenters. The molecular weight excluding hydrogens is 336 g/mol. The molecule has 0 bridgehead atoms. The van der Waals surface area contributed by atoms with Gasteiger partial charge in [-0.25, -0.2) is 0 Å². The van der Waals surface area contributed by atoms with Crippen molar-refractivity contribution in [3.8, 4) is 0 Å². The summed E-state index contributed by atoms with van der Waals surface area (Å²) in [5, 5.41) is 15.9. The van der Waals surface area contributed by atoms with Gasteiger partial charge in [-0.3, -0.25) is 4.79 Å². The standard InChI is InChI=1S/C17H26N6O3/c1-2-25-11-3-8-18-17(24)7-6-15-20-19-14-4-5-16(21-23(14)15)22-9-12-26-13-10-22/h4-5H,2-3,6-13H2,1H3,(H,18,24). The van der Waals surface area contributed by atoms with Crippen molar-refractivity contribution < 1.29 is 14.3 Å². The zero-order valence-corrected chi connectivity index (χ0v) is 15.2. The number of rotatable bonds is 9. The minimum absolute atomic E-state index is 0.00239. The van der Waals surface area contributed by atoms with E-state index in [9.17, 15) is 4.79 Å². The number of aryl methyl sites for hydroxylation is 1. The van der Waals surface area contributed by atoms with Gasteiger partial charge in [0.05, 0.1) is 13.2 Å². The average Bonchev–Trinajstić information content (AvgIpc) is 3.09. The second kappa shape index (κ2) is 9.44. The van der Waals surface area contributed by atoms with Crippen molar-refractivity contribution >= 4 is 17.4 Å². The van der Waals surface area contributed by atoms with Crippen LogP contribution in [-0.4, -0.2) is 71.8 Å². The number of anilines is 1. The normalized spacial score (nSPS) is 14.7. The number of aromatic nitrogens is 4. The van der Waals surface area contributed by atoms with E-state index in [0.717, 1.165) is 25.3 Å². The van der Waals surface area contributed by atoms with Gasteiger partial charge in [-0.2, -0.15) is 4.52 Å². The third-order valence-electron chi connectivity index (χ3n) is 4.22. The first kappa shape index (κ1) is 18.5. The van der Waals surface area contributed by atoms with Crippen LogP contribution in [0, 0.1) is 0 Å². The third kappa shape index (κ3) is 4.89. The van der Waals surface area contributed by atoms with E-state index in [4.69, 9.17) is 9.47 Å². The fraction of sp³-hybridized carbons (Fsp3) is 0.647. The van der Waals surface area contributed by atoms with Crippen molar-refractivity contribution in [3.63, 3.8) is 0 Å². The summed E-state index contributed by atoms with van der Waals surface area (Å²) in [6.45, 7) is 7.00. The van der Waals surface area contributed by atoms with Crippen LogP contribution in [0.2, 0.25) is 0 Å². The lowest BCUT2D eigenvalue weighted by Gasteiger charge is -2.27. The van der Waals surface area contributed by atoms with Gasteiger partial charge in [0.25, 0.3) is 0 Å². The van der Waals surface area contributed by atoms with Gasteiger partial charge >= 0.3 is 0 Å². The Morgan fingerprint density at radius 3 is 2.96 bits per heavy atom. The van der Waals surface area contributed by atoms with E-state index in [2.05, 4.69) is 25.5 Å².